The van der Waals surface area contributed by atoms with Crippen molar-refractivity contribution in [1.82, 2.24) is 0 Å². The van der Waals surface area contributed by atoms with Crippen LogP contribution in [0.3, 0.4) is 0 Å². The number of ether oxygens (including phenoxy) is 1. The Kier molecular flexibility index (Phi) is 10.4. The fourth-order valence-electron chi connectivity index (χ4n) is 4.69. The van der Waals surface area contributed by atoms with Gasteiger partial charge < -0.3 is 29.9 Å². The topological polar surface area (TPSA) is 111 Å². The van der Waals surface area contributed by atoms with Gasteiger partial charge in [0, 0.05) is 18.7 Å². The van der Waals surface area contributed by atoms with Crippen LogP contribution in [0.4, 0.5) is 17.1 Å². The first-order valence-electron chi connectivity index (χ1n) is 13.6. The van der Waals surface area contributed by atoms with Crippen LogP contribution in [0.1, 0.15) is 70.7 Å². The van der Waals surface area contributed by atoms with Gasteiger partial charge in [0.2, 0.25) is 0 Å². The summed E-state index contributed by atoms with van der Waals surface area (Å²) in [5.41, 5.74) is 4.29. The number of carbonyl (C=O) groups is 2. The van der Waals surface area contributed by atoms with Gasteiger partial charge in [-0.3, -0.25) is 9.59 Å². The predicted molar refractivity (Wildman–Crippen MR) is 159 cm³/mol. The SMILES string of the molecule is CCOC(=O)CN1c2c(O)cccc2C(=O)N(CC=C(C)CCC=C(C)CCC=C(C)C)c2cc(O)cc(O)c21. The molecule has 0 atom stereocenters. The summed E-state index contributed by atoms with van der Waals surface area (Å²) in [6.45, 7) is 9.96. The molecule has 0 bridgehead atoms. The molecule has 40 heavy (non-hydrogen) atoms. The Labute approximate surface area is 236 Å². The summed E-state index contributed by atoms with van der Waals surface area (Å²) in [6, 6.07) is 7.03. The quantitative estimate of drug-likeness (QED) is 0.207. The van der Waals surface area contributed by atoms with Gasteiger partial charge in [-0.25, -0.2) is 0 Å². The van der Waals surface area contributed by atoms with E-state index in [1.54, 1.807) is 19.1 Å². The lowest BCUT2D eigenvalue weighted by atomic mass is 10.1. The maximum Gasteiger partial charge on any atom is 0.325 e. The molecule has 0 spiro atoms. The largest absolute Gasteiger partial charge is 0.508 e. The van der Waals surface area contributed by atoms with Crippen LogP contribution in [0.5, 0.6) is 17.2 Å². The summed E-state index contributed by atoms with van der Waals surface area (Å²) in [5, 5.41) is 32.1. The minimum atomic E-state index is -0.601. The summed E-state index contributed by atoms with van der Waals surface area (Å²) in [5.74, 6) is -1.86. The number of anilines is 3. The maximum atomic E-state index is 13.9. The molecule has 1 aliphatic heterocycles. The van der Waals surface area contributed by atoms with Crippen molar-refractivity contribution in [1.29, 1.82) is 0 Å². The van der Waals surface area contributed by atoms with E-state index in [4.69, 9.17) is 4.74 Å². The van der Waals surface area contributed by atoms with Gasteiger partial charge in [-0.15, -0.1) is 0 Å². The lowest BCUT2D eigenvalue weighted by Crippen LogP contribution is -2.30. The summed E-state index contributed by atoms with van der Waals surface area (Å²) in [4.78, 5) is 29.2. The highest BCUT2D eigenvalue weighted by atomic mass is 16.5. The number of phenols is 3. The number of rotatable bonds is 11. The van der Waals surface area contributed by atoms with E-state index in [-0.39, 0.29) is 59.6 Å². The second kappa shape index (κ2) is 13.7. The van der Waals surface area contributed by atoms with Crippen LogP contribution in [0.25, 0.3) is 0 Å². The molecule has 0 saturated heterocycles. The number of allylic oxidation sites excluding steroid dienone is 5. The number of hydrogen-bond donors (Lipinski definition) is 3. The maximum absolute atomic E-state index is 13.9. The fourth-order valence-corrected chi connectivity index (χ4v) is 4.69. The number of carbonyl (C=O) groups excluding carboxylic acids is 2. The Morgan fingerprint density at radius 3 is 2.23 bits per heavy atom. The van der Waals surface area contributed by atoms with E-state index >= 15 is 0 Å². The monoisotopic (exact) mass is 548 g/mol. The van der Waals surface area contributed by atoms with Gasteiger partial charge in [0.15, 0.2) is 0 Å². The van der Waals surface area contributed by atoms with Crippen LogP contribution in [-0.4, -0.2) is 46.9 Å². The van der Waals surface area contributed by atoms with Crippen LogP contribution in [0.15, 0.2) is 65.3 Å². The van der Waals surface area contributed by atoms with Gasteiger partial charge in [0.25, 0.3) is 5.91 Å². The summed E-state index contributed by atoms with van der Waals surface area (Å²) in [6.07, 6.45) is 10.2. The molecule has 1 aliphatic rings. The number of fused-ring (bicyclic) bond motifs is 2. The molecule has 8 heteroatoms. The highest BCUT2D eigenvalue weighted by Gasteiger charge is 2.35. The van der Waals surface area contributed by atoms with Gasteiger partial charge in [-0.2, -0.15) is 0 Å². The lowest BCUT2D eigenvalue weighted by molar-refractivity contribution is -0.141. The first-order valence-corrected chi connectivity index (χ1v) is 13.6. The van der Waals surface area contributed by atoms with Crippen molar-refractivity contribution in [2.45, 2.75) is 60.3 Å². The highest BCUT2D eigenvalue weighted by Crippen LogP contribution is 2.50. The Bertz CT molecular complexity index is 1340. The molecule has 0 unspecified atom stereocenters. The van der Waals surface area contributed by atoms with Crippen LogP contribution < -0.4 is 9.80 Å². The molecule has 0 aromatic heterocycles. The molecule has 3 N–H and O–H groups in total. The molecule has 2 aromatic carbocycles. The van der Waals surface area contributed by atoms with Crippen LogP contribution >= 0.6 is 0 Å². The minimum Gasteiger partial charge on any atom is -0.508 e. The van der Waals surface area contributed by atoms with E-state index in [9.17, 15) is 24.9 Å². The van der Waals surface area contributed by atoms with Gasteiger partial charge in [0.05, 0.1) is 23.5 Å². The smallest absolute Gasteiger partial charge is 0.325 e. The van der Waals surface area contributed by atoms with Gasteiger partial charge in [-0.1, -0.05) is 41.0 Å². The number of aromatic hydroxyl groups is 3. The number of esters is 1. The molecular formula is C32H40N2O6. The zero-order valence-electron chi connectivity index (χ0n) is 24.0. The van der Waals surface area contributed by atoms with Crippen LogP contribution in [0, 0.1) is 0 Å². The minimum absolute atomic E-state index is 0.0831. The summed E-state index contributed by atoms with van der Waals surface area (Å²) >= 11 is 0. The van der Waals surface area contributed by atoms with E-state index in [1.807, 2.05) is 13.0 Å². The van der Waals surface area contributed by atoms with Gasteiger partial charge >= 0.3 is 5.97 Å². The Balaban J connectivity index is 1.95. The van der Waals surface area contributed by atoms with Crippen molar-refractivity contribution in [2.24, 2.45) is 0 Å². The van der Waals surface area contributed by atoms with Crippen LogP contribution in [0.2, 0.25) is 0 Å². The lowest BCUT2D eigenvalue weighted by Gasteiger charge is -2.27. The van der Waals surface area contributed by atoms with Crippen molar-refractivity contribution in [3.63, 3.8) is 0 Å². The number of para-hydroxylation sites is 1. The standard InChI is InChI=1S/C32H40N2O6/c1-6-40-29(38)20-34-30-25(14-9-15-27(30)36)32(39)33(26-18-24(35)19-28(37)31(26)34)17-16-23(5)13-8-12-22(4)11-7-10-21(2)3/h9-10,12,14-16,18-19,35-37H,6-8,11,13,17,20H2,1-5H3. The fraction of sp³-hybridized carbons (Fsp3) is 0.375. The zero-order valence-corrected chi connectivity index (χ0v) is 24.0. The molecule has 214 valence electrons. The normalized spacial score (nSPS) is 13.5. The first kappa shape index (κ1) is 30.3. The Morgan fingerprint density at radius 2 is 1.55 bits per heavy atom. The number of amides is 1. The predicted octanol–water partition coefficient (Wildman–Crippen LogP) is 6.88. The second-order valence-electron chi connectivity index (χ2n) is 10.3. The molecule has 0 fully saturated rings. The third-order valence-corrected chi connectivity index (χ3v) is 6.71. The Morgan fingerprint density at radius 1 is 0.875 bits per heavy atom. The van der Waals surface area contributed by atoms with E-state index in [1.165, 1.54) is 33.1 Å². The van der Waals surface area contributed by atoms with E-state index in [0.29, 0.717) is 0 Å². The van der Waals surface area contributed by atoms with Gasteiger partial charge in [0.1, 0.15) is 29.5 Å². The number of hydrogen-bond acceptors (Lipinski definition) is 7. The average molecular weight is 549 g/mol. The first-order chi connectivity index (χ1) is 19.0. The Hall–Kier alpha value is -4.20. The number of phenolic OH excluding ortho intramolecular Hbond substituents is 3. The van der Waals surface area contributed by atoms with Crippen molar-refractivity contribution in [3.05, 3.63) is 70.8 Å². The van der Waals surface area contributed by atoms with Crippen molar-refractivity contribution >= 4 is 28.9 Å². The molecule has 1 amide bonds. The number of benzene rings is 2. The van der Waals surface area contributed by atoms with Crippen LogP contribution in [-0.2, 0) is 9.53 Å². The molecule has 8 nitrogen and oxygen atoms in total. The number of nitrogens with zero attached hydrogens (tertiary/aromatic N) is 2. The molecule has 0 radical (unpaired) electrons. The summed E-state index contributed by atoms with van der Waals surface area (Å²) < 4.78 is 5.13. The molecule has 0 saturated carbocycles. The second-order valence-corrected chi connectivity index (χ2v) is 10.3. The summed E-state index contributed by atoms with van der Waals surface area (Å²) in [7, 11) is 0. The highest BCUT2D eigenvalue weighted by molar-refractivity contribution is 6.16. The molecular weight excluding hydrogens is 508 g/mol. The molecule has 3 rings (SSSR count). The average Bonchev–Trinajstić information content (AvgIpc) is 2.96. The van der Waals surface area contributed by atoms with Crippen molar-refractivity contribution < 1.29 is 29.6 Å². The van der Waals surface area contributed by atoms with E-state index < -0.39 is 11.9 Å². The zero-order chi connectivity index (χ0) is 29.4. The molecule has 1 heterocycles. The third-order valence-electron chi connectivity index (χ3n) is 6.71. The van der Waals surface area contributed by atoms with E-state index in [2.05, 4.69) is 32.9 Å². The molecule has 0 aliphatic carbocycles. The van der Waals surface area contributed by atoms with Crippen molar-refractivity contribution in [2.75, 3.05) is 29.5 Å². The van der Waals surface area contributed by atoms with Gasteiger partial charge in [-0.05, 0) is 72.4 Å². The van der Waals surface area contributed by atoms with Crippen molar-refractivity contribution in [3.8, 4) is 17.2 Å². The molecule has 2 aromatic rings. The van der Waals surface area contributed by atoms with E-state index in [0.717, 1.165) is 37.3 Å². The third kappa shape index (κ3) is 7.46.